The van der Waals surface area contributed by atoms with Gasteiger partial charge in [-0.05, 0) is 57.2 Å². The minimum Gasteiger partial charge on any atom is -0.304 e. The zero-order chi connectivity index (χ0) is 15.5. The molecule has 0 N–H and O–H groups in total. The summed E-state index contributed by atoms with van der Waals surface area (Å²) in [6.45, 7) is 12.7. The number of carbonyl (C=O) groups excluding carboxylic acids is 1. The van der Waals surface area contributed by atoms with Gasteiger partial charge in [-0.15, -0.1) is 0 Å². The highest BCUT2D eigenvalue weighted by molar-refractivity contribution is 5.82. The Morgan fingerprint density at radius 2 is 1.90 bits per heavy atom. The Balaban J connectivity index is 1.77. The normalized spacial score (nSPS) is 28.5. The molecule has 0 amide bonds. The molecule has 21 heavy (non-hydrogen) atoms. The van der Waals surface area contributed by atoms with Crippen LogP contribution < -0.4 is 0 Å². The topological polar surface area (TPSA) is 23.6 Å². The molecular weight excluding hydrogens is 260 g/mol. The van der Waals surface area contributed by atoms with E-state index in [0.717, 1.165) is 32.4 Å². The number of ketones is 1. The third-order valence-corrected chi connectivity index (χ3v) is 5.52. The molecule has 0 spiro atoms. The van der Waals surface area contributed by atoms with Crippen molar-refractivity contribution in [3.63, 3.8) is 0 Å². The quantitative estimate of drug-likeness (QED) is 0.778. The molecule has 3 nitrogen and oxygen atoms in total. The second-order valence-corrected chi connectivity index (χ2v) is 8.31. The van der Waals surface area contributed by atoms with Crippen LogP contribution >= 0.6 is 0 Å². The van der Waals surface area contributed by atoms with Crippen LogP contribution in [0.25, 0.3) is 0 Å². The number of hydrogen-bond acceptors (Lipinski definition) is 3. The molecule has 1 saturated heterocycles. The summed E-state index contributed by atoms with van der Waals surface area (Å²) in [4.78, 5) is 17.2. The Kier molecular flexibility index (Phi) is 5.84. The molecule has 2 unspecified atom stereocenters. The van der Waals surface area contributed by atoms with E-state index in [9.17, 15) is 4.79 Å². The average Bonchev–Trinajstić information content (AvgIpc) is 2.91. The van der Waals surface area contributed by atoms with Crippen LogP contribution in [0, 0.1) is 17.3 Å². The lowest BCUT2D eigenvalue weighted by atomic mass is 9.68. The zero-order valence-corrected chi connectivity index (χ0v) is 14.5. The van der Waals surface area contributed by atoms with E-state index in [1.54, 1.807) is 0 Å². The molecule has 0 radical (unpaired) electrons. The lowest BCUT2D eigenvalue weighted by Gasteiger charge is -2.38. The van der Waals surface area contributed by atoms with Crippen LogP contribution in [0.4, 0.5) is 0 Å². The maximum atomic E-state index is 12.2. The summed E-state index contributed by atoms with van der Waals surface area (Å²) >= 11 is 0. The number of hydrogen-bond donors (Lipinski definition) is 0. The van der Waals surface area contributed by atoms with Gasteiger partial charge in [0.1, 0.15) is 5.78 Å². The molecule has 0 aromatic carbocycles. The third-order valence-electron chi connectivity index (χ3n) is 5.52. The monoisotopic (exact) mass is 294 g/mol. The minimum absolute atomic E-state index is 0.270. The van der Waals surface area contributed by atoms with E-state index in [1.807, 2.05) is 0 Å². The second kappa shape index (κ2) is 7.23. The van der Waals surface area contributed by atoms with Crippen LogP contribution in [-0.2, 0) is 4.79 Å². The summed E-state index contributed by atoms with van der Waals surface area (Å²) < 4.78 is 0. The molecule has 1 aliphatic heterocycles. The van der Waals surface area contributed by atoms with Gasteiger partial charge >= 0.3 is 0 Å². The largest absolute Gasteiger partial charge is 0.304 e. The molecular formula is C18H34N2O. The lowest BCUT2D eigenvalue weighted by molar-refractivity contribution is -0.127. The summed E-state index contributed by atoms with van der Waals surface area (Å²) in [5.41, 5.74) is 0.340. The van der Waals surface area contributed by atoms with Gasteiger partial charge in [0.2, 0.25) is 0 Å². The van der Waals surface area contributed by atoms with Crippen LogP contribution in [-0.4, -0.2) is 55.4 Å². The standard InChI is InChI=1S/C18H34N2O/c1-18(2,3)16-7-8-17(21)15(13-16)14-19(4)11-12-20-9-5-6-10-20/h15-16H,5-14H2,1-4H3. The Labute approximate surface area is 131 Å². The maximum absolute atomic E-state index is 12.2. The first-order valence-corrected chi connectivity index (χ1v) is 8.80. The van der Waals surface area contributed by atoms with Crippen molar-refractivity contribution in [1.29, 1.82) is 0 Å². The van der Waals surface area contributed by atoms with Crippen molar-refractivity contribution in [3.05, 3.63) is 0 Å². The first-order valence-electron chi connectivity index (χ1n) is 8.80. The summed E-state index contributed by atoms with van der Waals surface area (Å²) in [5, 5.41) is 0. The Morgan fingerprint density at radius 3 is 2.52 bits per heavy atom. The Morgan fingerprint density at radius 1 is 1.24 bits per heavy atom. The zero-order valence-electron chi connectivity index (χ0n) is 14.5. The number of likely N-dealkylation sites (tertiary alicyclic amines) is 1. The summed E-state index contributed by atoms with van der Waals surface area (Å²) in [7, 11) is 2.18. The Hall–Kier alpha value is -0.410. The van der Waals surface area contributed by atoms with Gasteiger partial charge in [-0.3, -0.25) is 4.79 Å². The van der Waals surface area contributed by atoms with Crippen LogP contribution in [0.3, 0.4) is 0 Å². The Bertz CT molecular complexity index is 342. The van der Waals surface area contributed by atoms with Crippen molar-refractivity contribution in [2.75, 3.05) is 39.8 Å². The van der Waals surface area contributed by atoms with E-state index in [-0.39, 0.29) is 5.92 Å². The second-order valence-electron chi connectivity index (χ2n) is 8.31. The highest BCUT2D eigenvalue weighted by Crippen LogP contribution is 2.39. The van der Waals surface area contributed by atoms with Gasteiger partial charge in [-0.2, -0.15) is 0 Å². The molecule has 0 aromatic heterocycles. The number of likely N-dealkylation sites (N-methyl/N-ethyl adjacent to an activating group) is 1. The molecule has 2 rings (SSSR count). The molecule has 2 aliphatic rings. The van der Waals surface area contributed by atoms with E-state index >= 15 is 0 Å². The summed E-state index contributed by atoms with van der Waals surface area (Å²) in [6.07, 6.45) is 5.70. The van der Waals surface area contributed by atoms with Gasteiger partial charge in [-0.25, -0.2) is 0 Å². The molecule has 122 valence electrons. The molecule has 2 atom stereocenters. The van der Waals surface area contributed by atoms with Gasteiger partial charge < -0.3 is 9.80 Å². The molecule has 1 aliphatic carbocycles. The van der Waals surface area contributed by atoms with Crippen molar-refractivity contribution >= 4 is 5.78 Å². The van der Waals surface area contributed by atoms with Gasteiger partial charge in [0.15, 0.2) is 0 Å². The highest BCUT2D eigenvalue weighted by Gasteiger charge is 2.35. The summed E-state index contributed by atoms with van der Waals surface area (Å²) in [5.74, 6) is 1.47. The molecule has 3 heteroatoms. The van der Waals surface area contributed by atoms with E-state index < -0.39 is 0 Å². The van der Waals surface area contributed by atoms with Crippen LogP contribution in [0.15, 0.2) is 0 Å². The van der Waals surface area contributed by atoms with Crippen molar-refractivity contribution in [1.82, 2.24) is 9.80 Å². The fourth-order valence-corrected chi connectivity index (χ4v) is 3.86. The van der Waals surface area contributed by atoms with Crippen LogP contribution in [0.1, 0.15) is 52.9 Å². The van der Waals surface area contributed by atoms with E-state index in [4.69, 9.17) is 0 Å². The number of carbonyl (C=O) groups is 1. The van der Waals surface area contributed by atoms with E-state index in [1.165, 1.54) is 32.5 Å². The first kappa shape index (κ1) is 17.0. The SMILES string of the molecule is CN(CCN1CCCC1)CC1CC(C(C)(C)C)CCC1=O. The number of rotatable bonds is 5. The lowest BCUT2D eigenvalue weighted by Crippen LogP contribution is -2.40. The molecule has 1 heterocycles. The van der Waals surface area contributed by atoms with Crippen molar-refractivity contribution < 1.29 is 4.79 Å². The fraction of sp³-hybridized carbons (Fsp3) is 0.944. The predicted octanol–water partition coefficient (Wildman–Crippen LogP) is 3.05. The number of nitrogens with zero attached hydrogens (tertiary/aromatic N) is 2. The van der Waals surface area contributed by atoms with Crippen LogP contribution in [0.5, 0.6) is 0 Å². The van der Waals surface area contributed by atoms with Gasteiger partial charge in [0.25, 0.3) is 0 Å². The average molecular weight is 294 g/mol. The molecule has 0 bridgehead atoms. The molecule has 0 aromatic rings. The van der Waals surface area contributed by atoms with Gasteiger partial charge in [-0.1, -0.05) is 20.8 Å². The van der Waals surface area contributed by atoms with Gasteiger partial charge in [0.05, 0.1) is 0 Å². The van der Waals surface area contributed by atoms with Crippen molar-refractivity contribution in [2.45, 2.75) is 52.9 Å². The van der Waals surface area contributed by atoms with Gasteiger partial charge in [0, 0.05) is 32.0 Å². The van der Waals surface area contributed by atoms with Crippen LogP contribution in [0.2, 0.25) is 0 Å². The van der Waals surface area contributed by atoms with Crippen molar-refractivity contribution in [2.24, 2.45) is 17.3 Å². The highest BCUT2D eigenvalue weighted by atomic mass is 16.1. The molecule has 1 saturated carbocycles. The number of Topliss-reactive ketones (excluding diaryl/α,β-unsaturated/α-hetero) is 1. The minimum atomic E-state index is 0.270. The summed E-state index contributed by atoms with van der Waals surface area (Å²) in [6, 6.07) is 0. The fourth-order valence-electron chi connectivity index (χ4n) is 3.86. The maximum Gasteiger partial charge on any atom is 0.137 e. The first-order chi connectivity index (χ1) is 9.86. The predicted molar refractivity (Wildman–Crippen MR) is 88.5 cm³/mol. The van der Waals surface area contributed by atoms with E-state index in [2.05, 4.69) is 37.6 Å². The third kappa shape index (κ3) is 5.07. The molecule has 2 fully saturated rings. The van der Waals surface area contributed by atoms with Crippen molar-refractivity contribution in [3.8, 4) is 0 Å². The van der Waals surface area contributed by atoms with E-state index in [0.29, 0.717) is 17.1 Å². The smallest absolute Gasteiger partial charge is 0.137 e.